The normalized spacial score (nSPS) is 12.6. The van der Waals surface area contributed by atoms with Gasteiger partial charge >= 0.3 is 0 Å². The molecule has 0 aliphatic carbocycles. The van der Waals surface area contributed by atoms with E-state index >= 15 is 0 Å². The number of para-hydroxylation sites is 2. The number of hydrogen-bond acceptors (Lipinski definition) is 2. The summed E-state index contributed by atoms with van der Waals surface area (Å²) in [5.74, 6) is 0. The number of nitrogens with zero attached hydrogens (tertiary/aromatic N) is 2. The molecule has 1 aliphatic rings. The quantitative estimate of drug-likeness (QED) is 0.271. The Balaban J connectivity index is 1.27. The summed E-state index contributed by atoms with van der Waals surface area (Å²) in [6.07, 6.45) is 4.51. The summed E-state index contributed by atoms with van der Waals surface area (Å²) >= 11 is 1.74. The summed E-state index contributed by atoms with van der Waals surface area (Å²) in [7, 11) is 0. The van der Waals surface area contributed by atoms with Gasteiger partial charge in [0.15, 0.2) is 0 Å². The summed E-state index contributed by atoms with van der Waals surface area (Å²) in [4.78, 5) is 4.79. The fourth-order valence-corrected chi connectivity index (χ4v) is 5.90. The first-order chi connectivity index (χ1) is 16.3. The van der Waals surface area contributed by atoms with Gasteiger partial charge in [0, 0.05) is 34.1 Å². The minimum atomic E-state index is 0.941. The molecule has 2 nitrogen and oxygen atoms in total. The standard InChI is InChI=1S/C30H20N2S/c1-2-8-23-22(7-1)19-32-27-11-5-3-9-24(27)25(29(23)32)18-15-20-13-16-21(17-14-20)30-31-26-10-4-6-12-28(26)33-30/h1-18H,19H2/b18-15+. The van der Waals surface area contributed by atoms with Crippen LogP contribution >= 0.6 is 11.3 Å². The summed E-state index contributed by atoms with van der Waals surface area (Å²) < 4.78 is 3.68. The molecule has 3 heterocycles. The molecular weight excluding hydrogens is 420 g/mol. The van der Waals surface area contributed by atoms with Crippen LogP contribution < -0.4 is 0 Å². The monoisotopic (exact) mass is 440 g/mol. The van der Waals surface area contributed by atoms with Gasteiger partial charge in [-0.2, -0.15) is 0 Å². The van der Waals surface area contributed by atoms with E-state index in [0.717, 1.165) is 22.6 Å². The Labute approximate surface area is 196 Å². The Morgan fingerprint density at radius 1 is 0.758 bits per heavy atom. The molecular formula is C30H20N2S. The van der Waals surface area contributed by atoms with E-state index in [-0.39, 0.29) is 0 Å². The van der Waals surface area contributed by atoms with Crippen LogP contribution in [-0.2, 0) is 6.54 Å². The maximum Gasteiger partial charge on any atom is 0.124 e. The zero-order valence-electron chi connectivity index (χ0n) is 17.9. The fourth-order valence-electron chi connectivity index (χ4n) is 4.93. The fraction of sp³-hybridized carbons (Fsp3) is 0.0333. The lowest BCUT2D eigenvalue weighted by Gasteiger charge is -2.01. The predicted octanol–water partition coefficient (Wildman–Crippen LogP) is 8.12. The zero-order chi connectivity index (χ0) is 21.8. The van der Waals surface area contributed by atoms with Gasteiger partial charge in [-0.15, -0.1) is 11.3 Å². The van der Waals surface area contributed by atoms with Crippen LogP contribution in [0.1, 0.15) is 16.7 Å². The molecule has 2 aromatic heterocycles. The van der Waals surface area contributed by atoms with Gasteiger partial charge in [-0.1, -0.05) is 91.0 Å². The Morgan fingerprint density at radius 3 is 2.45 bits per heavy atom. The number of thiazole rings is 1. The lowest BCUT2D eigenvalue weighted by Crippen LogP contribution is -1.91. The van der Waals surface area contributed by atoms with Gasteiger partial charge in [-0.3, -0.25) is 0 Å². The van der Waals surface area contributed by atoms with E-state index in [4.69, 9.17) is 4.98 Å². The van der Waals surface area contributed by atoms with Gasteiger partial charge in [-0.25, -0.2) is 4.98 Å². The topological polar surface area (TPSA) is 17.8 Å². The van der Waals surface area contributed by atoms with Crippen molar-refractivity contribution in [2.24, 2.45) is 0 Å². The molecule has 0 bridgehead atoms. The van der Waals surface area contributed by atoms with Crippen LogP contribution in [0.2, 0.25) is 0 Å². The molecule has 0 radical (unpaired) electrons. The average molecular weight is 441 g/mol. The average Bonchev–Trinajstić information content (AvgIpc) is 3.54. The van der Waals surface area contributed by atoms with Gasteiger partial charge in [0.05, 0.1) is 15.9 Å². The molecule has 1 aliphatic heterocycles. The van der Waals surface area contributed by atoms with Gasteiger partial charge in [0.25, 0.3) is 0 Å². The van der Waals surface area contributed by atoms with Crippen molar-refractivity contribution < 1.29 is 0 Å². The summed E-state index contributed by atoms with van der Waals surface area (Å²) in [5, 5.41) is 2.38. The Kier molecular flexibility index (Phi) is 4.11. The Hall–Kier alpha value is -3.95. The lowest BCUT2D eigenvalue weighted by molar-refractivity contribution is 0.886. The second-order valence-corrected chi connectivity index (χ2v) is 9.50. The van der Waals surface area contributed by atoms with Crippen LogP contribution in [0.4, 0.5) is 0 Å². The third-order valence-corrected chi connectivity index (χ3v) is 7.59. The molecule has 3 heteroatoms. The van der Waals surface area contributed by atoms with E-state index in [9.17, 15) is 0 Å². The highest BCUT2D eigenvalue weighted by atomic mass is 32.1. The van der Waals surface area contributed by atoms with Crippen molar-refractivity contribution in [3.05, 3.63) is 114 Å². The van der Waals surface area contributed by atoms with E-state index in [1.54, 1.807) is 11.3 Å². The largest absolute Gasteiger partial charge is 0.335 e. The summed E-state index contributed by atoms with van der Waals surface area (Å²) in [5.41, 5.74) is 10.1. The molecule has 0 saturated carbocycles. The third kappa shape index (κ3) is 2.97. The molecule has 0 atom stereocenters. The van der Waals surface area contributed by atoms with Gasteiger partial charge < -0.3 is 4.57 Å². The van der Waals surface area contributed by atoms with Gasteiger partial charge in [0.1, 0.15) is 5.01 Å². The first-order valence-corrected chi connectivity index (χ1v) is 12.0. The van der Waals surface area contributed by atoms with Gasteiger partial charge in [-0.05, 0) is 29.3 Å². The van der Waals surface area contributed by atoms with E-state index in [1.165, 1.54) is 43.6 Å². The van der Waals surface area contributed by atoms with Crippen molar-refractivity contribution in [3.63, 3.8) is 0 Å². The molecule has 6 aromatic rings. The maximum absolute atomic E-state index is 4.79. The molecule has 33 heavy (non-hydrogen) atoms. The van der Waals surface area contributed by atoms with E-state index in [2.05, 4.69) is 108 Å². The van der Waals surface area contributed by atoms with Crippen LogP contribution in [0.25, 0.3) is 55.1 Å². The van der Waals surface area contributed by atoms with Crippen LogP contribution in [0.15, 0.2) is 97.1 Å². The molecule has 0 saturated heterocycles. The number of aromatic nitrogens is 2. The highest BCUT2D eigenvalue weighted by Gasteiger charge is 2.24. The minimum absolute atomic E-state index is 0.941. The minimum Gasteiger partial charge on any atom is -0.335 e. The number of benzene rings is 4. The second-order valence-electron chi connectivity index (χ2n) is 8.46. The smallest absolute Gasteiger partial charge is 0.124 e. The SMILES string of the molecule is C(=C\c1c2n(c3ccccc13)Cc1ccccc1-2)/c1ccc(-c2nc3ccccc3s2)cc1. The third-order valence-electron chi connectivity index (χ3n) is 6.50. The first-order valence-electron chi connectivity index (χ1n) is 11.2. The summed E-state index contributed by atoms with van der Waals surface area (Å²) in [6.45, 7) is 0.941. The summed E-state index contributed by atoms with van der Waals surface area (Å²) in [6, 6.07) is 34.5. The lowest BCUT2D eigenvalue weighted by atomic mass is 10.0. The van der Waals surface area contributed by atoms with Crippen molar-refractivity contribution in [1.29, 1.82) is 0 Å². The van der Waals surface area contributed by atoms with Crippen molar-refractivity contribution >= 4 is 44.6 Å². The first kappa shape index (κ1) is 18.6. The molecule has 156 valence electrons. The predicted molar refractivity (Wildman–Crippen MR) is 140 cm³/mol. The van der Waals surface area contributed by atoms with Crippen LogP contribution in [0, 0.1) is 0 Å². The van der Waals surface area contributed by atoms with E-state index < -0.39 is 0 Å². The zero-order valence-corrected chi connectivity index (χ0v) is 18.7. The maximum atomic E-state index is 4.79. The molecule has 7 rings (SSSR count). The molecule has 4 aromatic carbocycles. The number of hydrogen-bond donors (Lipinski definition) is 0. The second kappa shape index (κ2) is 7.29. The highest BCUT2D eigenvalue weighted by molar-refractivity contribution is 7.21. The van der Waals surface area contributed by atoms with Crippen LogP contribution in [0.3, 0.4) is 0 Å². The number of rotatable bonds is 3. The van der Waals surface area contributed by atoms with E-state index in [0.29, 0.717) is 0 Å². The number of fused-ring (bicyclic) bond motifs is 6. The van der Waals surface area contributed by atoms with Gasteiger partial charge in [0.2, 0.25) is 0 Å². The molecule has 0 unspecified atom stereocenters. The van der Waals surface area contributed by atoms with Crippen molar-refractivity contribution in [3.8, 4) is 21.8 Å². The van der Waals surface area contributed by atoms with Crippen LogP contribution in [0.5, 0.6) is 0 Å². The molecule has 0 fully saturated rings. The molecule has 0 N–H and O–H groups in total. The van der Waals surface area contributed by atoms with Crippen LogP contribution in [-0.4, -0.2) is 9.55 Å². The highest BCUT2D eigenvalue weighted by Crippen LogP contribution is 2.41. The van der Waals surface area contributed by atoms with E-state index in [1.807, 2.05) is 6.07 Å². The molecule has 0 amide bonds. The Morgan fingerprint density at radius 2 is 1.55 bits per heavy atom. The Bertz CT molecular complexity index is 1650. The molecule has 0 spiro atoms. The van der Waals surface area contributed by atoms with Crippen molar-refractivity contribution in [1.82, 2.24) is 9.55 Å². The van der Waals surface area contributed by atoms with Crippen molar-refractivity contribution in [2.75, 3.05) is 0 Å². The van der Waals surface area contributed by atoms with Crippen molar-refractivity contribution in [2.45, 2.75) is 6.54 Å².